The number of aryl methyl sites for hydroxylation is 4. The second kappa shape index (κ2) is 9.54. The molecule has 0 unspecified atom stereocenters. The maximum atomic E-state index is 13.2. The fraction of sp³-hybridized carbons (Fsp3) is 0.231. The summed E-state index contributed by atoms with van der Waals surface area (Å²) in [4.78, 5) is 38.8. The summed E-state index contributed by atoms with van der Waals surface area (Å²) in [5.41, 5.74) is 4.53. The molecule has 4 rings (SSSR count). The summed E-state index contributed by atoms with van der Waals surface area (Å²) in [6.45, 7) is 7.16. The van der Waals surface area contributed by atoms with Crippen LogP contribution in [0.25, 0.3) is 5.52 Å². The molecule has 0 bridgehead atoms. The van der Waals surface area contributed by atoms with Crippen molar-refractivity contribution in [3.63, 3.8) is 0 Å². The van der Waals surface area contributed by atoms with Gasteiger partial charge in [0.2, 0.25) is 5.91 Å². The number of rotatable bonds is 6. The van der Waals surface area contributed by atoms with E-state index in [-0.39, 0.29) is 36.2 Å². The summed E-state index contributed by atoms with van der Waals surface area (Å²) in [5, 5.41) is 9.82. The van der Waals surface area contributed by atoms with Crippen LogP contribution in [0.1, 0.15) is 38.3 Å². The average molecular weight is 476 g/mol. The molecule has 0 radical (unpaired) electrons. The minimum Gasteiger partial charge on any atom is -0.348 e. The summed E-state index contributed by atoms with van der Waals surface area (Å²) < 4.78 is 15.8. The van der Waals surface area contributed by atoms with Crippen LogP contribution >= 0.6 is 0 Å². The van der Waals surface area contributed by atoms with Gasteiger partial charge in [-0.25, -0.2) is 9.07 Å². The third kappa shape index (κ3) is 4.70. The molecule has 9 heteroatoms. The SMILES string of the molecule is Cc1cccc(C)c1NC(=O)Cn1ncn2c(C)c(C(=O)NCc3ccc(F)cc3)c(C)c2c1=O. The molecular formula is C26H26FN5O3. The van der Waals surface area contributed by atoms with Gasteiger partial charge < -0.3 is 10.6 Å². The number of halogens is 1. The molecule has 0 fully saturated rings. The van der Waals surface area contributed by atoms with Gasteiger partial charge in [-0.3, -0.25) is 18.8 Å². The third-order valence-corrected chi connectivity index (χ3v) is 6.07. The van der Waals surface area contributed by atoms with E-state index in [1.165, 1.54) is 18.5 Å². The molecule has 2 aromatic heterocycles. The van der Waals surface area contributed by atoms with E-state index < -0.39 is 5.56 Å². The molecule has 8 nitrogen and oxygen atoms in total. The number of hydrogen-bond donors (Lipinski definition) is 2. The normalized spacial score (nSPS) is 11.0. The minimum absolute atomic E-state index is 0.213. The number of nitrogens with zero attached hydrogens (tertiary/aromatic N) is 3. The van der Waals surface area contributed by atoms with Crippen molar-refractivity contribution in [2.24, 2.45) is 0 Å². The number of para-hydroxylation sites is 1. The van der Waals surface area contributed by atoms with Gasteiger partial charge in [-0.1, -0.05) is 30.3 Å². The second-order valence-corrected chi connectivity index (χ2v) is 8.52. The van der Waals surface area contributed by atoms with E-state index in [2.05, 4.69) is 15.7 Å². The van der Waals surface area contributed by atoms with Gasteiger partial charge >= 0.3 is 0 Å². The van der Waals surface area contributed by atoms with E-state index >= 15 is 0 Å². The Labute approximate surface area is 201 Å². The van der Waals surface area contributed by atoms with Crippen molar-refractivity contribution in [3.05, 3.63) is 98.5 Å². The predicted molar refractivity (Wildman–Crippen MR) is 131 cm³/mol. The molecule has 0 aliphatic carbocycles. The zero-order chi connectivity index (χ0) is 25.3. The molecular weight excluding hydrogens is 449 g/mol. The predicted octanol–water partition coefficient (Wildman–Crippen LogP) is 3.44. The maximum Gasteiger partial charge on any atom is 0.291 e. The van der Waals surface area contributed by atoms with Gasteiger partial charge in [0, 0.05) is 17.9 Å². The zero-order valence-electron chi connectivity index (χ0n) is 20.0. The van der Waals surface area contributed by atoms with E-state index in [9.17, 15) is 18.8 Å². The van der Waals surface area contributed by atoms with Crippen LogP contribution in [0, 0.1) is 33.5 Å². The molecule has 180 valence electrons. The highest BCUT2D eigenvalue weighted by Crippen LogP contribution is 2.21. The highest BCUT2D eigenvalue weighted by atomic mass is 19.1. The van der Waals surface area contributed by atoms with E-state index in [1.807, 2.05) is 32.0 Å². The van der Waals surface area contributed by atoms with Crippen molar-refractivity contribution >= 4 is 23.0 Å². The number of hydrogen-bond acceptors (Lipinski definition) is 4. The Bertz CT molecular complexity index is 1480. The lowest BCUT2D eigenvalue weighted by Gasteiger charge is -2.12. The lowest BCUT2D eigenvalue weighted by atomic mass is 10.1. The van der Waals surface area contributed by atoms with Crippen molar-refractivity contribution in [2.45, 2.75) is 40.8 Å². The molecule has 4 aromatic rings. The van der Waals surface area contributed by atoms with Gasteiger partial charge in [0.25, 0.3) is 11.5 Å². The number of anilines is 1. The monoisotopic (exact) mass is 475 g/mol. The number of nitrogens with one attached hydrogen (secondary N) is 2. The Morgan fingerprint density at radius 2 is 1.66 bits per heavy atom. The van der Waals surface area contributed by atoms with Crippen molar-refractivity contribution in [1.29, 1.82) is 0 Å². The topological polar surface area (TPSA) is 97.5 Å². The van der Waals surface area contributed by atoms with E-state index in [0.29, 0.717) is 22.5 Å². The Balaban J connectivity index is 1.58. The summed E-state index contributed by atoms with van der Waals surface area (Å²) in [6, 6.07) is 11.5. The number of benzene rings is 2. The van der Waals surface area contributed by atoms with Crippen LogP contribution in [0.4, 0.5) is 10.1 Å². The minimum atomic E-state index is -0.470. The number of fused-ring (bicyclic) bond motifs is 1. The summed E-state index contributed by atoms with van der Waals surface area (Å²) in [7, 11) is 0. The van der Waals surface area contributed by atoms with Crippen LogP contribution in [0.15, 0.2) is 53.6 Å². The molecule has 2 aromatic carbocycles. The number of aromatic nitrogens is 3. The van der Waals surface area contributed by atoms with Crippen LogP contribution in [0.5, 0.6) is 0 Å². The van der Waals surface area contributed by atoms with Gasteiger partial charge in [-0.15, -0.1) is 0 Å². The van der Waals surface area contributed by atoms with E-state index in [4.69, 9.17) is 0 Å². The van der Waals surface area contributed by atoms with Crippen LogP contribution < -0.4 is 16.2 Å². The first-order chi connectivity index (χ1) is 16.7. The van der Waals surface area contributed by atoms with Gasteiger partial charge in [0.15, 0.2) is 0 Å². The van der Waals surface area contributed by atoms with Gasteiger partial charge in [0.05, 0.1) is 5.56 Å². The van der Waals surface area contributed by atoms with Crippen LogP contribution in [0.2, 0.25) is 0 Å². The van der Waals surface area contributed by atoms with Crippen molar-refractivity contribution in [3.8, 4) is 0 Å². The Morgan fingerprint density at radius 3 is 2.31 bits per heavy atom. The average Bonchev–Trinajstić information content (AvgIpc) is 3.08. The van der Waals surface area contributed by atoms with Crippen LogP contribution in [0.3, 0.4) is 0 Å². The molecule has 0 spiro atoms. The fourth-order valence-electron chi connectivity index (χ4n) is 4.20. The summed E-state index contributed by atoms with van der Waals surface area (Å²) in [6.07, 6.45) is 1.43. The van der Waals surface area contributed by atoms with E-state index in [1.54, 1.807) is 30.4 Å². The molecule has 0 saturated heterocycles. The van der Waals surface area contributed by atoms with Gasteiger partial charge in [0.1, 0.15) is 24.2 Å². The Kier molecular flexibility index (Phi) is 6.50. The molecule has 2 N–H and O–H groups in total. The highest BCUT2D eigenvalue weighted by Gasteiger charge is 2.22. The molecule has 0 atom stereocenters. The highest BCUT2D eigenvalue weighted by molar-refractivity contribution is 5.99. The number of carbonyl (C=O) groups is 2. The van der Waals surface area contributed by atoms with E-state index in [0.717, 1.165) is 21.4 Å². The maximum absolute atomic E-state index is 13.2. The first kappa shape index (κ1) is 23.9. The van der Waals surface area contributed by atoms with Crippen LogP contribution in [-0.4, -0.2) is 26.0 Å². The van der Waals surface area contributed by atoms with Crippen molar-refractivity contribution in [2.75, 3.05) is 5.32 Å². The molecule has 2 amide bonds. The first-order valence-electron chi connectivity index (χ1n) is 11.1. The molecule has 0 saturated carbocycles. The molecule has 0 aliphatic rings. The summed E-state index contributed by atoms with van der Waals surface area (Å²) in [5.74, 6) is -1.08. The smallest absolute Gasteiger partial charge is 0.291 e. The quantitative estimate of drug-likeness (QED) is 0.446. The third-order valence-electron chi connectivity index (χ3n) is 6.07. The first-order valence-corrected chi connectivity index (χ1v) is 11.1. The lowest BCUT2D eigenvalue weighted by molar-refractivity contribution is -0.117. The van der Waals surface area contributed by atoms with Crippen molar-refractivity contribution in [1.82, 2.24) is 19.5 Å². The largest absolute Gasteiger partial charge is 0.348 e. The molecule has 2 heterocycles. The Morgan fingerprint density at radius 1 is 1.00 bits per heavy atom. The fourth-order valence-corrected chi connectivity index (χ4v) is 4.20. The Hall–Kier alpha value is -4.27. The van der Waals surface area contributed by atoms with Crippen molar-refractivity contribution < 1.29 is 14.0 Å². The van der Waals surface area contributed by atoms with Crippen LogP contribution in [-0.2, 0) is 17.9 Å². The molecule has 0 aliphatic heterocycles. The molecule has 35 heavy (non-hydrogen) atoms. The summed E-state index contributed by atoms with van der Waals surface area (Å²) >= 11 is 0. The van der Waals surface area contributed by atoms with Gasteiger partial charge in [-0.2, -0.15) is 5.10 Å². The number of amides is 2. The zero-order valence-corrected chi connectivity index (χ0v) is 20.0. The standard InChI is InChI=1S/C26H26FN5O3/c1-15-6-5-7-16(2)23(15)30-21(33)13-32-26(35)24-17(3)22(18(4)31(24)14-29-32)25(34)28-12-19-8-10-20(27)11-9-19/h5-11,14H,12-13H2,1-4H3,(H,28,34)(H,30,33). The lowest BCUT2D eigenvalue weighted by Crippen LogP contribution is -2.31. The van der Waals surface area contributed by atoms with Gasteiger partial charge in [-0.05, 0) is 62.1 Å². The number of carbonyl (C=O) groups excluding carboxylic acids is 2. The second-order valence-electron chi connectivity index (χ2n) is 8.52.